The van der Waals surface area contributed by atoms with Crippen molar-refractivity contribution in [2.75, 3.05) is 0 Å². The van der Waals surface area contributed by atoms with Crippen molar-refractivity contribution < 1.29 is 5.11 Å². The Hall–Kier alpha value is -0.0300. The SMILES string of the molecule is C=C1CCC(C)(c2c(O)cc(C)c(Br)c2I)C1C. The Labute approximate surface area is 131 Å². The standard InChI is InChI=1S/C15H18BrIO/c1-8-5-6-15(4,10(8)3)12-11(18)7-9(2)13(16)14(12)17/h7,10,18H,1,5-6H2,2-4H3. The van der Waals surface area contributed by atoms with Gasteiger partial charge in [-0.25, -0.2) is 0 Å². The fourth-order valence-corrected chi connectivity index (χ4v) is 4.55. The zero-order valence-electron chi connectivity index (χ0n) is 11.0. The average Bonchev–Trinajstić information content (AvgIpc) is 2.55. The first kappa shape index (κ1) is 14.4. The van der Waals surface area contributed by atoms with E-state index in [1.165, 1.54) is 5.57 Å². The van der Waals surface area contributed by atoms with Gasteiger partial charge in [-0.2, -0.15) is 0 Å². The number of aromatic hydroxyl groups is 1. The fraction of sp³-hybridized carbons (Fsp3) is 0.467. The first-order chi connectivity index (χ1) is 8.29. The molecule has 0 aromatic heterocycles. The summed E-state index contributed by atoms with van der Waals surface area (Å²) in [5.41, 5.74) is 3.44. The Bertz CT molecular complexity index is 524. The molecular formula is C15H18BrIO. The second kappa shape index (κ2) is 4.82. The smallest absolute Gasteiger partial charge is 0.120 e. The molecule has 1 nitrogen and oxygen atoms in total. The van der Waals surface area contributed by atoms with Crippen molar-refractivity contribution in [3.05, 3.63) is 37.4 Å². The summed E-state index contributed by atoms with van der Waals surface area (Å²) in [6.07, 6.45) is 2.12. The molecule has 1 aliphatic carbocycles. The van der Waals surface area contributed by atoms with E-state index in [0.29, 0.717) is 11.7 Å². The number of phenolic OH excluding ortho intramolecular Hbond substituents is 1. The minimum atomic E-state index is -0.00604. The summed E-state index contributed by atoms with van der Waals surface area (Å²) in [6, 6.07) is 1.86. The summed E-state index contributed by atoms with van der Waals surface area (Å²) >= 11 is 5.97. The average molecular weight is 421 g/mol. The van der Waals surface area contributed by atoms with Gasteiger partial charge in [0.05, 0.1) is 0 Å². The lowest BCUT2D eigenvalue weighted by Gasteiger charge is -2.32. The highest BCUT2D eigenvalue weighted by atomic mass is 127. The van der Waals surface area contributed by atoms with Crippen LogP contribution in [-0.4, -0.2) is 5.11 Å². The van der Waals surface area contributed by atoms with E-state index in [4.69, 9.17) is 0 Å². The molecule has 1 aromatic carbocycles. The summed E-state index contributed by atoms with van der Waals surface area (Å²) in [7, 11) is 0. The molecular weight excluding hydrogens is 403 g/mol. The number of phenols is 1. The highest BCUT2D eigenvalue weighted by Crippen LogP contribution is 2.52. The van der Waals surface area contributed by atoms with E-state index in [1.807, 2.05) is 13.0 Å². The molecule has 0 bridgehead atoms. The van der Waals surface area contributed by atoms with Crippen LogP contribution in [0.4, 0.5) is 0 Å². The van der Waals surface area contributed by atoms with Crippen LogP contribution >= 0.6 is 38.5 Å². The molecule has 2 rings (SSSR count). The van der Waals surface area contributed by atoms with Crippen LogP contribution in [-0.2, 0) is 5.41 Å². The zero-order chi connectivity index (χ0) is 13.7. The van der Waals surface area contributed by atoms with Crippen molar-refractivity contribution in [1.82, 2.24) is 0 Å². The number of hydrogen-bond donors (Lipinski definition) is 1. The largest absolute Gasteiger partial charge is 0.508 e. The van der Waals surface area contributed by atoms with Crippen molar-refractivity contribution in [1.29, 1.82) is 0 Å². The molecule has 0 spiro atoms. The monoisotopic (exact) mass is 420 g/mol. The lowest BCUT2D eigenvalue weighted by atomic mass is 9.73. The Morgan fingerprint density at radius 3 is 2.67 bits per heavy atom. The van der Waals surface area contributed by atoms with Crippen LogP contribution in [0.15, 0.2) is 22.7 Å². The van der Waals surface area contributed by atoms with E-state index in [0.717, 1.165) is 32.0 Å². The van der Waals surface area contributed by atoms with E-state index in [1.54, 1.807) is 0 Å². The van der Waals surface area contributed by atoms with Gasteiger partial charge in [0.1, 0.15) is 5.75 Å². The van der Waals surface area contributed by atoms with Crippen LogP contribution in [0.2, 0.25) is 0 Å². The lowest BCUT2D eigenvalue weighted by Crippen LogP contribution is -2.27. The molecule has 2 atom stereocenters. The number of halogens is 2. The summed E-state index contributed by atoms with van der Waals surface area (Å²) in [5, 5.41) is 10.4. The summed E-state index contributed by atoms with van der Waals surface area (Å²) in [6.45, 7) is 10.6. The first-order valence-electron chi connectivity index (χ1n) is 6.14. The third-order valence-electron chi connectivity index (χ3n) is 4.47. The molecule has 0 amide bonds. The summed E-state index contributed by atoms with van der Waals surface area (Å²) in [4.78, 5) is 0. The molecule has 18 heavy (non-hydrogen) atoms. The van der Waals surface area contributed by atoms with Crippen molar-refractivity contribution >= 4 is 38.5 Å². The van der Waals surface area contributed by atoms with Gasteiger partial charge < -0.3 is 5.11 Å². The molecule has 1 fully saturated rings. The number of hydrogen-bond acceptors (Lipinski definition) is 1. The summed E-state index contributed by atoms with van der Waals surface area (Å²) < 4.78 is 2.23. The van der Waals surface area contributed by atoms with E-state index in [2.05, 4.69) is 58.9 Å². The third kappa shape index (κ3) is 2.03. The second-order valence-electron chi connectivity index (χ2n) is 5.51. The van der Waals surface area contributed by atoms with E-state index in [-0.39, 0.29) is 5.41 Å². The van der Waals surface area contributed by atoms with Crippen molar-refractivity contribution in [2.45, 2.75) is 39.0 Å². The normalized spacial score (nSPS) is 27.8. The lowest BCUT2D eigenvalue weighted by molar-refractivity contribution is 0.367. The second-order valence-corrected chi connectivity index (χ2v) is 7.38. The van der Waals surface area contributed by atoms with Crippen LogP contribution in [0.1, 0.15) is 37.8 Å². The molecule has 2 unspecified atom stereocenters. The maximum Gasteiger partial charge on any atom is 0.120 e. The van der Waals surface area contributed by atoms with E-state index >= 15 is 0 Å². The van der Waals surface area contributed by atoms with E-state index < -0.39 is 0 Å². The van der Waals surface area contributed by atoms with Crippen molar-refractivity contribution in [2.24, 2.45) is 5.92 Å². The minimum Gasteiger partial charge on any atom is -0.508 e. The third-order valence-corrected chi connectivity index (χ3v) is 7.31. The Morgan fingerprint density at radius 2 is 2.17 bits per heavy atom. The van der Waals surface area contributed by atoms with Gasteiger partial charge in [0.2, 0.25) is 0 Å². The van der Waals surface area contributed by atoms with Crippen LogP contribution in [0.25, 0.3) is 0 Å². The molecule has 0 heterocycles. The number of allylic oxidation sites excluding steroid dienone is 1. The maximum absolute atomic E-state index is 10.4. The van der Waals surface area contributed by atoms with E-state index in [9.17, 15) is 5.11 Å². The molecule has 1 aromatic rings. The molecule has 3 heteroatoms. The zero-order valence-corrected chi connectivity index (χ0v) is 14.7. The van der Waals surface area contributed by atoms with Crippen molar-refractivity contribution in [3.8, 4) is 5.75 Å². The Balaban J connectivity index is 2.65. The predicted molar refractivity (Wildman–Crippen MR) is 88.2 cm³/mol. The fourth-order valence-electron chi connectivity index (χ4n) is 2.92. The Morgan fingerprint density at radius 1 is 1.56 bits per heavy atom. The first-order valence-corrected chi connectivity index (χ1v) is 8.02. The van der Waals surface area contributed by atoms with Crippen LogP contribution in [0.5, 0.6) is 5.75 Å². The van der Waals surface area contributed by atoms with Crippen LogP contribution < -0.4 is 0 Å². The number of aryl methyl sites for hydroxylation is 1. The van der Waals surface area contributed by atoms with Gasteiger partial charge in [-0.15, -0.1) is 0 Å². The topological polar surface area (TPSA) is 20.2 Å². The maximum atomic E-state index is 10.4. The molecule has 0 aliphatic heterocycles. The van der Waals surface area contributed by atoms with Gasteiger partial charge in [-0.05, 0) is 75.8 Å². The minimum absolute atomic E-state index is 0.00604. The number of benzene rings is 1. The molecule has 1 aliphatic rings. The van der Waals surface area contributed by atoms with Gasteiger partial charge in [0, 0.05) is 19.0 Å². The van der Waals surface area contributed by atoms with Gasteiger partial charge >= 0.3 is 0 Å². The van der Waals surface area contributed by atoms with Crippen LogP contribution in [0, 0.1) is 16.4 Å². The molecule has 1 N–H and O–H groups in total. The van der Waals surface area contributed by atoms with Gasteiger partial charge in [-0.1, -0.05) is 26.0 Å². The van der Waals surface area contributed by atoms with Gasteiger partial charge in [0.15, 0.2) is 0 Å². The summed E-state index contributed by atoms with van der Waals surface area (Å²) in [5.74, 6) is 0.829. The molecule has 98 valence electrons. The van der Waals surface area contributed by atoms with Crippen molar-refractivity contribution in [3.63, 3.8) is 0 Å². The van der Waals surface area contributed by atoms with Gasteiger partial charge in [0.25, 0.3) is 0 Å². The predicted octanol–water partition coefficient (Wildman–Crippen LogP) is 5.31. The van der Waals surface area contributed by atoms with Crippen LogP contribution in [0.3, 0.4) is 0 Å². The molecule has 0 saturated heterocycles. The Kier molecular flexibility index (Phi) is 3.85. The number of rotatable bonds is 1. The molecule has 1 saturated carbocycles. The molecule has 0 radical (unpaired) electrons. The highest BCUT2D eigenvalue weighted by molar-refractivity contribution is 14.1. The quantitative estimate of drug-likeness (QED) is 0.482. The highest BCUT2D eigenvalue weighted by Gasteiger charge is 2.42. The van der Waals surface area contributed by atoms with Gasteiger partial charge in [-0.3, -0.25) is 0 Å².